The Labute approximate surface area is 151 Å². The highest BCUT2D eigenvalue weighted by molar-refractivity contribution is 6.11. The van der Waals surface area contributed by atoms with E-state index in [9.17, 15) is 4.79 Å². The van der Waals surface area contributed by atoms with Gasteiger partial charge in [0.1, 0.15) is 5.58 Å². The quantitative estimate of drug-likeness (QED) is 0.517. The molecule has 0 aliphatic carbocycles. The molecule has 0 unspecified atom stereocenters. The van der Waals surface area contributed by atoms with E-state index in [0.29, 0.717) is 17.8 Å². The topological polar surface area (TPSA) is 54.3 Å². The molecule has 0 fully saturated rings. The van der Waals surface area contributed by atoms with Crippen LogP contribution in [0.4, 0.5) is 11.4 Å². The van der Waals surface area contributed by atoms with E-state index in [-0.39, 0.29) is 11.7 Å². The Kier molecular flexibility index (Phi) is 4.39. The van der Waals surface area contributed by atoms with Gasteiger partial charge in [0, 0.05) is 17.6 Å². The molecule has 0 saturated carbocycles. The summed E-state index contributed by atoms with van der Waals surface area (Å²) in [6.07, 6.45) is 0. The number of rotatable bonds is 5. The summed E-state index contributed by atoms with van der Waals surface area (Å²) in [5, 5.41) is 7.14. The second kappa shape index (κ2) is 7.15. The maximum absolute atomic E-state index is 12.8. The van der Waals surface area contributed by atoms with Gasteiger partial charge in [-0.15, -0.1) is 0 Å². The molecule has 0 saturated heterocycles. The fraction of sp³-hybridized carbons (Fsp3) is 0.0455. The van der Waals surface area contributed by atoms with Gasteiger partial charge in [-0.3, -0.25) is 4.79 Å². The van der Waals surface area contributed by atoms with Crippen molar-refractivity contribution in [2.45, 2.75) is 6.54 Å². The molecule has 26 heavy (non-hydrogen) atoms. The highest BCUT2D eigenvalue weighted by atomic mass is 16.3. The summed E-state index contributed by atoms with van der Waals surface area (Å²) in [5.41, 5.74) is 3.25. The number of hydrogen-bond donors (Lipinski definition) is 2. The van der Waals surface area contributed by atoms with Gasteiger partial charge >= 0.3 is 0 Å². The minimum Gasteiger partial charge on any atom is -0.449 e. The Morgan fingerprint density at radius 3 is 2.23 bits per heavy atom. The molecule has 1 aromatic heterocycles. The standard InChI is InChI=1S/C22H18N2O2/c25-22(24-17-11-5-2-6-12-17)21-20(18-13-7-8-14-19(18)26-21)23-15-16-9-3-1-4-10-16/h1-14,23H,15H2,(H,24,25). The molecule has 3 aromatic carbocycles. The van der Waals surface area contributed by atoms with Gasteiger partial charge in [0.15, 0.2) is 0 Å². The first-order chi connectivity index (χ1) is 12.8. The molecule has 0 aliphatic heterocycles. The molecule has 1 heterocycles. The average molecular weight is 342 g/mol. The average Bonchev–Trinajstić information content (AvgIpc) is 3.07. The van der Waals surface area contributed by atoms with Gasteiger partial charge in [-0.2, -0.15) is 0 Å². The van der Waals surface area contributed by atoms with Crippen molar-refractivity contribution in [1.82, 2.24) is 0 Å². The van der Waals surface area contributed by atoms with Crippen molar-refractivity contribution in [2.75, 3.05) is 10.6 Å². The molecule has 1 amide bonds. The van der Waals surface area contributed by atoms with Crippen LogP contribution in [0.3, 0.4) is 0 Å². The maximum Gasteiger partial charge on any atom is 0.293 e. The highest BCUT2D eigenvalue weighted by Gasteiger charge is 2.20. The lowest BCUT2D eigenvalue weighted by atomic mass is 10.2. The van der Waals surface area contributed by atoms with Crippen LogP contribution in [-0.2, 0) is 6.54 Å². The van der Waals surface area contributed by atoms with Crippen LogP contribution in [0, 0.1) is 0 Å². The zero-order valence-corrected chi connectivity index (χ0v) is 14.1. The number of furan rings is 1. The lowest BCUT2D eigenvalue weighted by Gasteiger charge is -2.08. The normalized spacial score (nSPS) is 10.6. The maximum atomic E-state index is 12.8. The first kappa shape index (κ1) is 16.0. The third-order valence-corrected chi connectivity index (χ3v) is 4.15. The summed E-state index contributed by atoms with van der Waals surface area (Å²) in [5.74, 6) is 0.00828. The predicted octanol–water partition coefficient (Wildman–Crippen LogP) is 5.30. The molecule has 4 heteroatoms. The highest BCUT2D eigenvalue weighted by Crippen LogP contribution is 2.31. The molecule has 0 radical (unpaired) electrons. The van der Waals surface area contributed by atoms with Crippen molar-refractivity contribution in [3.63, 3.8) is 0 Å². The van der Waals surface area contributed by atoms with Crippen LogP contribution in [-0.4, -0.2) is 5.91 Å². The molecule has 0 aliphatic rings. The van der Waals surface area contributed by atoms with Gasteiger partial charge in [0.2, 0.25) is 5.76 Å². The first-order valence-corrected chi connectivity index (χ1v) is 8.47. The van der Waals surface area contributed by atoms with E-state index >= 15 is 0 Å². The third kappa shape index (κ3) is 3.30. The summed E-state index contributed by atoms with van der Waals surface area (Å²) in [7, 11) is 0. The Bertz CT molecular complexity index is 1020. The monoisotopic (exact) mass is 342 g/mol. The van der Waals surface area contributed by atoms with Crippen LogP contribution in [0.5, 0.6) is 0 Å². The Balaban J connectivity index is 1.66. The van der Waals surface area contributed by atoms with Crippen LogP contribution < -0.4 is 10.6 Å². The molecule has 4 rings (SSSR count). The summed E-state index contributed by atoms with van der Waals surface area (Å²) < 4.78 is 5.85. The molecular formula is C22H18N2O2. The lowest BCUT2D eigenvalue weighted by Crippen LogP contribution is -2.13. The molecule has 4 nitrogen and oxygen atoms in total. The van der Waals surface area contributed by atoms with E-state index in [1.54, 1.807) is 0 Å². The largest absolute Gasteiger partial charge is 0.449 e. The van der Waals surface area contributed by atoms with E-state index in [4.69, 9.17) is 4.42 Å². The lowest BCUT2D eigenvalue weighted by molar-refractivity contribution is 0.0999. The number of anilines is 2. The molecule has 4 aromatic rings. The van der Waals surface area contributed by atoms with Gasteiger partial charge in [0.25, 0.3) is 5.91 Å². The number of hydrogen-bond acceptors (Lipinski definition) is 3. The van der Waals surface area contributed by atoms with Gasteiger partial charge in [-0.1, -0.05) is 60.7 Å². The van der Waals surface area contributed by atoms with Crippen LogP contribution in [0.25, 0.3) is 11.0 Å². The molecule has 2 N–H and O–H groups in total. The minimum atomic E-state index is -0.275. The SMILES string of the molecule is O=C(Nc1ccccc1)c1oc2ccccc2c1NCc1ccccc1. The number of para-hydroxylation sites is 2. The smallest absolute Gasteiger partial charge is 0.293 e. The van der Waals surface area contributed by atoms with Gasteiger partial charge in [0.05, 0.1) is 5.69 Å². The summed E-state index contributed by atoms with van der Waals surface area (Å²) in [4.78, 5) is 12.8. The molecule has 0 atom stereocenters. The second-order valence-corrected chi connectivity index (χ2v) is 5.96. The van der Waals surface area contributed by atoms with E-state index < -0.39 is 0 Å². The fourth-order valence-electron chi connectivity index (χ4n) is 2.88. The van der Waals surface area contributed by atoms with E-state index in [2.05, 4.69) is 10.6 Å². The van der Waals surface area contributed by atoms with E-state index in [1.165, 1.54) is 0 Å². The number of carbonyl (C=O) groups excluding carboxylic acids is 1. The van der Waals surface area contributed by atoms with Crippen LogP contribution >= 0.6 is 0 Å². The Hall–Kier alpha value is -3.53. The van der Waals surface area contributed by atoms with Crippen molar-refractivity contribution < 1.29 is 9.21 Å². The van der Waals surface area contributed by atoms with Crippen LogP contribution in [0.15, 0.2) is 89.3 Å². The van der Waals surface area contributed by atoms with Crippen molar-refractivity contribution in [3.8, 4) is 0 Å². The molecular weight excluding hydrogens is 324 g/mol. The number of carbonyl (C=O) groups is 1. The number of amides is 1. The Morgan fingerprint density at radius 1 is 0.808 bits per heavy atom. The first-order valence-electron chi connectivity index (χ1n) is 8.47. The zero-order chi connectivity index (χ0) is 17.8. The number of fused-ring (bicyclic) bond motifs is 1. The van der Waals surface area contributed by atoms with Crippen molar-refractivity contribution in [1.29, 1.82) is 0 Å². The summed E-state index contributed by atoms with van der Waals surface area (Å²) >= 11 is 0. The molecule has 0 spiro atoms. The Morgan fingerprint density at radius 2 is 1.46 bits per heavy atom. The molecule has 0 bridgehead atoms. The number of benzene rings is 3. The van der Waals surface area contributed by atoms with Crippen molar-refractivity contribution in [2.24, 2.45) is 0 Å². The number of nitrogens with one attached hydrogen (secondary N) is 2. The van der Waals surface area contributed by atoms with Gasteiger partial charge in [-0.05, 0) is 29.8 Å². The zero-order valence-electron chi connectivity index (χ0n) is 14.1. The van der Waals surface area contributed by atoms with Crippen molar-refractivity contribution >= 4 is 28.3 Å². The van der Waals surface area contributed by atoms with Gasteiger partial charge < -0.3 is 15.1 Å². The molecule has 128 valence electrons. The third-order valence-electron chi connectivity index (χ3n) is 4.15. The van der Waals surface area contributed by atoms with Crippen LogP contribution in [0.1, 0.15) is 16.1 Å². The predicted molar refractivity (Wildman–Crippen MR) is 104 cm³/mol. The fourth-order valence-corrected chi connectivity index (χ4v) is 2.88. The van der Waals surface area contributed by atoms with Crippen molar-refractivity contribution in [3.05, 3.63) is 96.3 Å². The minimum absolute atomic E-state index is 0.275. The summed E-state index contributed by atoms with van der Waals surface area (Å²) in [6.45, 7) is 0.607. The van der Waals surface area contributed by atoms with E-state index in [1.807, 2.05) is 84.9 Å². The summed E-state index contributed by atoms with van der Waals surface area (Å²) in [6, 6.07) is 27.0. The van der Waals surface area contributed by atoms with E-state index in [0.717, 1.165) is 16.6 Å². The van der Waals surface area contributed by atoms with Crippen LogP contribution in [0.2, 0.25) is 0 Å². The van der Waals surface area contributed by atoms with Gasteiger partial charge in [-0.25, -0.2) is 0 Å². The second-order valence-electron chi connectivity index (χ2n) is 5.96.